The van der Waals surface area contributed by atoms with E-state index in [1.807, 2.05) is 0 Å². The molecule has 1 aromatic rings. The maximum Gasteiger partial charge on any atom is 0.120 e. The van der Waals surface area contributed by atoms with Crippen LogP contribution in [0, 0.1) is 12.8 Å². The first-order chi connectivity index (χ1) is 9.08. The summed E-state index contributed by atoms with van der Waals surface area (Å²) in [6.45, 7) is 8.58. The fourth-order valence-corrected chi connectivity index (χ4v) is 2.94. The third-order valence-electron chi connectivity index (χ3n) is 4.05. The van der Waals surface area contributed by atoms with Gasteiger partial charge in [0.1, 0.15) is 5.75 Å². The first-order valence-electron chi connectivity index (χ1n) is 7.62. The van der Waals surface area contributed by atoms with Gasteiger partial charge in [-0.3, -0.25) is 0 Å². The zero-order valence-corrected chi connectivity index (χ0v) is 12.7. The second kappa shape index (κ2) is 6.31. The number of nitrogens with one attached hydrogen (secondary N) is 1. The molecule has 0 heterocycles. The van der Waals surface area contributed by atoms with Crippen molar-refractivity contribution in [1.82, 2.24) is 0 Å². The van der Waals surface area contributed by atoms with Gasteiger partial charge in [-0.25, -0.2) is 0 Å². The monoisotopic (exact) mass is 261 g/mol. The van der Waals surface area contributed by atoms with Crippen LogP contribution in [0.25, 0.3) is 0 Å². The highest BCUT2D eigenvalue weighted by atomic mass is 16.5. The van der Waals surface area contributed by atoms with Crippen molar-refractivity contribution in [3.63, 3.8) is 0 Å². The third-order valence-corrected chi connectivity index (χ3v) is 4.05. The van der Waals surface area contributed by atoms with Gasteiger partial charge >= 0.3 is 0 Å². The van der Waals surface area contributed by atoms with E-state index in [1.165, 1.54) is 36.9 Å². The molecule has 1 aliphatic rings. The van der Waals surface area contributed by atoms with E-state index < -0.39 is 0 Å². The Kier molecular flexibility index (Phi) is 4.73. The largest absolute Gasteiger partial charge is 0.491 e. The Balaban J connectivity index is 1.97. The molecule has 0 radical (unpaired) electrons. The van der Waals surface area contributed by atoms with E-state index in [1.54, 1.807) is 0 Å². The Hall–Kier alpha value is -1.18. The molecule has 2 rings (SSSR count). The summed E-state index contributed by atoms with van der Waals surface area (Å²) >= 11 is 0. The number of hydrogen-bond acceptors (Lipinski definition) is 2. The van der Waals surface area contributed by atoms with Crippen molar-refractivity contribution in [2.45, 2.75) is 65.5 Å². The van der Waals surface area contributed by atoms with Gasteiger partial charge in [0.05, 0.1) is 6.10 Å². The minimum atomic E-state index is 0.235. The molecular formula is C17H27NO. The molecule has 2 unspecified atom stereocenters. The standard InChI is InChI=1S/C17H27NO/c1-5-14-6-7-15(11-14)18-17-9-8-16(10-13(17)4)19-12(2)3/h8-10,12,14-15,18H,5-7,11H2,1-4H3. The van der Waals surface area contributed by atoms with Crippen LogP contribution < -0.4 is 10.1 Å². The summed E-state index contributed by atoms with van der Waals surface area (Å²) in [5.74, 6) is 1.89. The maximum atomic E-state index is 5.73. The average Bonchev–Trinajstić information content (AvgIpc) is 2.80. The van der Waals surface area contributed by atoms with Crippen molar-refractivity contribution in [2.24, 2.45) is 5.92 Å². The molecule has 1 saturated carbocycles. The minimum absolute atomic E-state index is 0.235. The second-order valence-corrected chi connectivity index (χ2v) is 6.07. The Bertz CT molecular complexity index is 414. The lowest BCUT2D eigenvalue weighted by Crippen LogP contribution is -2.16. The van der Waals surface area contributed by atoms with Gasteiger partial charge in [-0.2, -0.15) is 0 Å². The predicted octanol–water partition coefficient (Wildman–Crippen LogP) is 4.77. The van der Waals surface area contributed by atoms with E-state index in [2.05, 4.69) is 51.2 Å². The van der Waals surface area contributed by atoms with E-state index in [-0.39, 0.29) is 6.10 Å². The van der Waals surface area contributed by atoms with Gasteiger partial charge in [-0.1, -0.05) is 13.3 Å². The molecule has 0 saturated heterocycles. The Morgan fingerprint density at radius 3 is 2.68 bits per heavy atom. The Labute approximate surface area is 117 Å². The van der Waals surface area contributed by atoms with Gasteiger partial charge in [-0.15, -0.1) is 0 Å². The SMILES string of the molecule is CCC1CCC(Nc2ccc(OC(C)C)cc2C)C1. The first-order valence-corrected chi connectivity index (χ1v) is 7.62. The minimum Gasteiger partial charge on any atom is -0.491 e. The second-order valence-electron chi connectivity index (χ2n) is 6.07. The highest BCUT2D eigenvalue weighted by Crippen LogP contribution is 2.31. The molecule has 0 amide bonds. The van der Waals surface area contributed by atoms with Gasteiger partial charge in [0.2, 0.25) is 0 Å². The Morgan fingerprint density at radius 2 is 2.11 bits per heavy atom. The summed E-state index contributed by atoms with van der Waals surface area (Å²) in [6.07, 6.45) is 5.56. The van der Waals surface area contributed by atoms with Crippen molar-refractivity contribution in [1.29, 1.82) is 0 Å². The molecule has 19 heavy (non-hydrogen) atoms. The molecule has 106 valence electrons. The quantitative estimate of drug-likeness (QED) is 0.824. The third kappa shape index (κ3) is 3.89. The number of hydrogen-bond donors (Lipinski definition) is 1. The van der Waals surface area contributed by atoms with E-state index in [0.717, 1.165) is 11.7 Å². The molecule has 1 fully saturated rings. The number of rotatable bonds is 5. The van der Waals surface area contributed by atoms with Crippen LogP contribution in [-0.4, -0.2) is 12.1 Å². The fraction of sp³-hybridized carbons (Fsp3) is 0.647. The zero-order valence-electron chi connectivity index (χ0n) is 12.7. The summed E-state index contributed by atoms with van der Waals surface area (Å²) in [5, 5.41) is 3.70. The first kappa shape index (κ1) is 14.2. The zero-order chi connectivity index (χ0) is 13.8. The molecule has 0 spiro atoms. The number of aryl methyl sites for hydroxylation is 1. The van der Waals surface area contributed by atoms with Crippen LogP contribution in [0.3, 0.4) is 0 Å². The van der Waals surface area contributed by atoms with Crippen LogP contribution in [0.4, 0.5) is 5.69 Å². The van der Waals surface area contributed by atoms with E-state index in [4.69, 9.17) is 4.74 Å². The molecule has 2 nitrogen and oxygen atoms in total. The van der Waals surface area contributed by atoms with Crippen LogP contribution in [0.15, 0.2) is 18.2 Å². The number of benzene rings is 1. The van der Waals surface area contributed by atoms with E-state index in [9.17, 15) is 0 Å². The lowest BCUT2D eigenvalue weighted by molar-refractivity contribution is 0.242. The van der Waals surface area contributed by atoms with Crippen LogP contribution in [0.2, 0.25) is 0 Å². The van der Waals surface area contributed by atoms with Crippen LogP contribution in [0.1, 0.15) is 52.0 Å². The fourth-order valence-electron chi connectivity index (χ4n) is 2.94. The van der Waals surface area contributed by atoms with Crippen LogP contribution >= 0.6 is 0 Å². The summed E-state index contributed by atoms with van der Waals surface area (Å²) in [5.41, 5.74) is 2.54. The van der Waals surface area contributed by atoms with Crippen molar-refractivity contribution in [3.05, 3.63) is 23.8 Å². The average molecular weight is 261 g/mol. The van der Waals surface area contributed by atoms with Crippen LogP contribution in [0.5, 0.6) is 5.75 Å². The number of anilines is 1. The predicted molar refractivity (Wildman–Crippen MR) is 82.0 cm³/mol. The summed E-state index contributed by atoms with van der Waals surface area (Å²) in [4.78, 5) is 0. The molecule has 1 aliphatic carbocycles. The molecular weight excluding hydrogens is 234 g/mol. The molecule has 0 aromatic heterocycles. The van der Waals surface area contributed by atoms with Gasteiger partial charge in [0.15, 0.2) is 0 Å². The Morgan fingerprint density at radius 1 is 1.32 bits per heavy atom. The molecule has 0 aliphatic heterocycles. The lowest BCUT2D eigenvalue weighted by atomic mass is 10.1. The van der Waals surface area contributed by atoms with Gasteiger partial charge in [0.25, 0.3) is 0 Å². The summed E-state index contributed by atoms with van der Waals surface area (Å²) in [6, 6.07) is 7.02. The van der Waals surface area contributed by atoms with Gasteiger partial charge in [-0.05, 0) is 69.7 Å². The van der Waals surface area contributed by atoms with Gasteiger partial charge in [0, 0.05) is 11.7 Å². The summed E-state index contributed by atoms with van der Waals surface area (Å²) < 4.78 is 5.73. The van der Waals surface area contributed by atoms with Crippen molar-refractivity contribution >= 4 is 5.69 Å². The molecule has 1 N–H and O–H groups in total. The van der Waals surface area contributed by atoms with Crippen molar-refractivity contribution in [2.75, 3.05) is 5.32 Å². The molecule has 2 heteroatoms. The molecule has 2 atom stereocenters. The van der Waals surface area contributed by atoms with E-state index in [0.29, 0.717) is 6.04 Å². The normalized spacial score (nSPS) is 22.8. The number of ether oxygens (including phenoxy) is 1. The highest BCUT2D eigenvalue weighted by molar-refractivity contribution is 5.54. The molecule has 0 bridgehead atoms. The van der Waals surface area contributed by atoms with Gasteiger partial charge < -0.3 is 10.1 Å². The highest BCUT2D eigenvalue weighted by Gasteiger charge is 2.23. The van der Waals surface area contributed by atoms with E-state index >= 15 is 0 Å². The molecule has 1 aromatic carbocycles. The van der Waals surface area contributed by atoms with Crippen molar-refractivity contribution in [3.8, 4) is 5.75 Å². The van der Waals surface area contributed by atoms with Crippen molar-refractivity contribution < 1.29 is 4.74 Å². The topological polar surface area (TPSA) is 21.3 Å². The van der Waals surface area contributed by atoms with Crippen LogP contribution in [-0.2, 0) is 0 Å². The maximum absolute atomic E-state index is 5.73. The lowest BCUT2D eigenvalue weighted by Gasteiger charge is -2.18. The smallest absolute Gasteiger partial charge is 0.120 e. The summed E-state index contributed by atoms with van der Waals surface area (Å²) in [7, 11) is 0.